The minimum atomic E-state index is -0.341. The number of carbonyl (C=O) groups is 3. The SMILES string of the molecule is NC(=O)CN1CCC(NC(=O)CNC(=O)c2ccc(-c3ccccc3)cc2)CC1. The first-order valence-corrected chi connectivity index (χ1v) is 9.75. The zero-order valence-corrected chi connectivity index (χ0v) is 16.3. The van der Waals surface area contributed by atoms with Crippen LogP contribution in [0.25, 0.3) is 11.1 Å². The number of amides is 3. The molecular formula is C22H26N4O3. The average molecular weight is 394 g/mol. The molecule has 0 aliphatic carbocycles. The van der Waals surface area contributed by atoms with Gasteiger partial charge in [-0.25, -0.2) is 0 Å². The molecule has 0 atom stereocenters. The first-order chi connectivity index (χ1) is 14.0. The van der Waals surface area contributed by atoms with Gasteiger partial charge in [-0.3, -0.25) is 19.3 Å². The number of benzene rings is 2. The monoisotopic (exact) mass is 394 g/mol. The zero-order chi connectivity index (χ0) is 20.6. The van der Waals surface area contributed by atoms with Crippen LogP contribution in [0.15, 0.2) is 54.6 Å². The van der Waals surface area contributed by atoms with E-state index in [1.807, 2.05) is 47.4 Å². The maximum Gasteiger partial charge on any atom is 0.251 e. The number of rotatable bonds is 7. The molecule has 3 amide bonds. The summed E-state index contributed by atoms with van der Waals surface area (Å²) in [7, 11) is 0. The van der Waals surface area contributed by atoms with Gasteiger partial charge in [0.25, 0.3) is 5.91 Å². The molecule has 1 fully saturated rings. The van der Waals surface area contributed by atoms with Crippen LogP contribution in [0.4, 0.5) is 0 Å². The van der Waals surface area contributed by atoms with E-state index in [1.165, 1.54) is 0 Å². The van der Waals surface area contributed by atoms with Crippen LogP contribution >= 0.6 is 0 Å². The average Bonchev–Trinajstić information content (AvgIpc) is 2.74. The molecule has 0 aromatic heterocycles. The highest BCUT2D eigenvalue weighted by atomic mass is 16.2. The number of nitrogens with zero attached hydrogens (tertiary/aromatic N) is 1. The number of nitrogens with two attached hydrogens (primary N) is 1. The molecule has 1 saturated heterocycles. The van der Waals surface area contributed by atoms with Crippen LogP contribution in [0.3, 0.4) is 0 Å². The van der Waals surface area contributed by atoms with Gasteiger partial charge in [-0.05, 0) is 36.1 Å². The van der Waals surface area contributed by atoms with Crippen molar-refractivity contribution in [3.8, 4) is 11.1 Å². The Hall–Kier alpha value is -3.19. The van der Waals surface area contributed by atoms with E-state index >= 15 is 0 Å². The molecule has 4 N–H and O–H groups in total. The molecule has 152 valence electrons. The van der Waals surface area contributed by atoms with Crippen molar-refractivity contribution in [3.63, 3.8) is 0 Å². The summed E-state index contributed by atoms with van der Waals surface area (Å²) in [5, 5.41) is 5.59. The van der Waals surface area contributed by atoms with Crippen LogP contribution in [0.2, 0.25) is 0 Å². The molecule has 29 heavy (non-hydrogen) atoms. The predicted molar refractivity (Wildman–Crippen MR) is 111 cm³/mol. The minimum Gasteiger partial charge on any atom is -0.369 e. The van der Waals surface area contributed by atoms with Gasteiger partial charge >= 0.3 is 0 Å². The van der Waals surface area contributed by atoms with Gasteiger partial charge in [0.1, 0.15) is 0 Å². The van der Waals surface area contributed by atoms with Crippen LogP contribution in [0, 0.1) is 0 Å². The van der Waals surface area contributed by atoms with Crippen molar-refractivity contribution in [3.05, 3.63) is 60.2 Å². The first kappa shape index (κ1) is 20.5. The molecule has 0 saturated carbocycles. The van der Waals surface area contributed by atoms with Crippen molar-refractivity contribution < 1.29 is 14.4 Å². The van der Waals surface area contributed by atoms with Crippen molar-refractivity contribution in [2.75, 3.05) is 26.2 Å². The summed E-state index contributed by atoms with van der Waals surface area (Å²) in [6.45, 7) is 1.61. The predicted octanol–water partition coefficient (Wildman–Crippen LogP) is 1.15. The van der Waals surface area contributed by atoms with Gasteiger partial charge in [-0.2, -0.15) is 0 Å². The Morgan fingerprint density at radius 3 is 2.17 bits per heavy atom. The van der Waals surface area contributed by atoms with E-state index < -0.39 is 0 Å². The molecule has 1 aliphatic rings. The lowest BCUT2D eigenvalue weighted by atomic mass is 10.0. The van der Waals surface area contributed by atoms with Crippen molar-refractivity contribution in [1.82, 2.24) is 15.5 Å². The van der Waals surface area contributed by atoms with Crippen LogP contribution in [0.5, 0.6) is 0 Å². The fourth-order valence-corrected chi connectivity index (χ4v) is 3.44. The summed E-state index contributed by atoms with van der Waals surface area (Å²) in [6.07, 6.45) is 1.52. The van der Waals surface area contributed by atoms with Gasteiger partial charge in [-0.1, -0.05) is 42.5 Å². The number of hydrogen-bond donors (Lipinski definition) is 3. The molecule has 3 rings (SSSR count). The standard InChI is InChI=1S/C22H26N4O3/c23-20(27)15-26-12-10-19(11-13-26)25-21(28)14-24-22(29)18-8-6-17(7-9-18)16-4-2-1-3-5-16/h1-9,19H,10-15H2,(H2,23,27)(H,24,29)(H,25,28). The van der Waals surface area contributed by atoms with Gasteiger partial charge in [0.2, 0.25) is 11.8 Å². The van der Waals surface area contributed by atoms with E-state index in [1.54, 1.807) is 12.1 Å². The van der Waals surface area contributed by atoms with Crippen molar-refractivity contribution >= 4 is 17.7 Å². The number of primary amides is 1. The Morgan fingerprint density at radius 1 is 0.931 bits per heavy atom. The molecule has 0 spiro atoms. The lowest BCUT2D eigenvalue weighted by molar-refractivity contribution is -0.122. The summed E-state index contributed by atoms with van der Waals surface area (Å²) in [5.41, 5.74) is 7.83. The quantitative estimate of drug-likeness (QED) is 0.655. The fourth-order valence-electron chi connectivity index (χ4n) is 3.44. The highest BCUT2D eigenvalue weighted by molar-refractivity contribution is 5.96. The van der Waals surface area contributed by atoms with Gasteiger partial charge in [0, 0.05) is 24.7 Å². The maximum absolute atomic E-state index is 12.3. The third-order valence-electron chi connectivity index (χ3n) is 5.00. The second-order valence-corrected chi connectivity index (χ2v) is 7.21. The molecule has 0 bridgehead atoms. The van der Waals surface area contributed by atoms with Crippen LogP contribution in [-0.4, -0.2) is 54.8 Å². The number of likely N-dealkylation sites (tertiary alicyclic amines) is 1. The minimum absolute atomic E-state index is 0.0497. The summed E-state index contributed by atoms with van der Waals surface area (Å²) in [4.78, 5) is 37.4. The van der Waals surface area contributed by atoms with Gasteiger partial charge in [-0.15, -0.1) is 0 Å². The largest absolute Gasteiger partial charge is 0.369 e. The van der Waals surface area contributed by atoms with Gasteiger partial charge < -0.3 is 16.4 Å². The Morgan fingerprint density at radius 2 is 1.55 bits per heavy atom. The lowest BCUT2D eigenvalue weighted by Crippen LogP contribution is -2.48. The summed E-state index contributed by atoms with van der Waals surface area (Å²) in [5.74, 6) is -0.837. The van der Waals surface area contributed by atoms with Crippen molar-refractivity contribution in [2.45, 2.75) is 18.9 Å². The van der Waals surface area contributed by atoms with E-state index in [4.69, 9.17) is 5.73 Å². The number of hydrogen-bond acceptors (Lipinski definition) is 4. The smallest absolute Gasteiger partial charge is 0.251 e. The highest BCUT2D eigenvalue weighted by Gasteiger charge is 2.21. The molecule has 0 unspecified atom stereocenters. The molecule has 7 heteroatoms. The Bertz CT molecular complexity index is 844. The van der Waals surface area contributed by atoms with Gasteiger partial charge in [0.15, 0.2) is 0 Å². The number of piperidine rings is 1. The van der Waals surface area contributed by atoms with E-state index in [9.17, 15) is 14.4 Å². The first-order valence-electron chi connectivity index (χ1n) is 9.75. The molecule has 0 radical (unpaired) electrons. The Kier molecular flexibility index (Phi) is 6.97. The summed E-state index contributed by atoms with van der Waals surface area (Å²) < 4.78 is 0. The second kappa shape index (κ2) is 9.84. The van der Waals surface area contributed by atoms with E-state index in [0.29, 0.717) is 18.7 Å². The Balaban J connectivity index is 1.42. The molecule has 2 aromatic carbocycles. The molecule has 1 aliphatic heterocycles. The molecule has 2 aromatic rings. The highest BCUT2D eigenvalue weighted by Crippen LogP contribution is 2.19. The van der Waals surface area contributed by atoms with Crippen molar-refractivity contribution in [1.29, 1.82) is 0 Å². The van der Waals surface area contributed by atoms with E-state index in [-0.39, 0.29) is 36.9 Å². The summed E-state index contributed by atoms with van der Waals surface area (Å²) in [6, 6.07) is 17.3. The van der Waals surface area contributed by atoms with Gasteiger partial charge in [0.05, 0.1) is 13.1 Å². The van der Waals surface area contributed by atoms with E-state index in [0.717, 1.165) is 24.0 Å². The number of nitrogens with one attached hydrogen (secondary N) is 2. The van der Waals surface area contributed by atoms with Crippen molar-refractivity contribution in [2.24, 2.45) is 5.73 Å². The molecule has 7 nitrogen and oxygen atoms in total. The maximum atomic E-state index is 12.3. The third kappa shape index (κ3) is 6.15. The topological polar surface area (TPSA) is 105 Å². The second-order valence-electron chi connectivity index (χ2n) is 7.21. The zero-order valence-electron chi connectivity index (χ0n) is 16.3. The van der Waals surface area contributed by atoms with Crippen LogP contribution < -0.4 is 16.4 Å². The van der Waals surface area contributed by atoms with Crippen LogP contribution in [0.1, 0.15) is 23.2 Å². The molecular weight excluding hydrogens is 368 g/mol. The summed E-state index contributed by atoms with van der Waals surface area (Å²) >= 11 is 0. The normalized spacial score (nSPS) is 14.9. The third-order valence-corrected chi connectivity index (χ3v) is 5.00. The van der Waals surface area contributed by atoms with E-state index in [2.05, 4.69) is 10.6 Å². The molecule has 1 heterocycles. The fraction of sp³-hybridized carbons (Fsp3) is 0.318. The lowest BCUT2D eigenvalue weighted by Gasteiger charge is -2.31. The van der Waals surface area contributed by atoms with Crippen LogP contribution in [-0.2, 0) is 9.59 Å². The Labute approximate surface area is 170 Å². The number of carbonyl (C=O) groups excluding carboxylic acids is 3.